The Morgan fingerprint density at radius 2 is 1.63 bits per heavy atom. The number of aryl methyl sites for hydroxylation is 4. The zero-order chi connectivity index (χ0) is 21.1. The number of benzene rings is 1. The van der Waals surface area contributed by atoms with Gasteiger partial charge in [0.2, 0.25) is 5.91 Å². The zero-order valence-corrected chi connectivity index (χ0v) is 17.9. The minimum Gasteiger partial charge on any atom is -0.353 e. The summed E-state index contributed by atoms with van der Waals surface area (Å²) in [6, 6.07) is 14.2. The van der Waals surface area contributed by atoms with Gasteiger partial charge in [-0.2, -0.15) is 5.10 Å². The summed E-state index contributed by atoms with van der Waals surface area (Å²) in [5, 5.41) is 4.54. The van der Waals surface area contributed by atoms with Gasteiger partial charge in [0, 0.05) is 44.4 Å². The third-order valence-corrected chi connectivity index (χ3v) is 5.46. The molecule has 1 aliphatic rings. The molecule has 0 atom stereocenters. The largest absolute Gasteiger partial charge is 0.353 e. The molecule has 156 valence electrons. The van der Waals surface area contributed by atoms with E-state index in [0.29, 0.717) is 19.5 Å². The van der Waals surface area contributed by atoms with Crippen molar-refractivity contribution >= 4 is 11.7 Å². The molecule has 0 radical (unpaired) electrons. The Morgan fingerprint density at radius 3 is 2.30 bits per heavy atom. The summed E-state index contributed by atoms with van der Waals surface area (Å²) >= 11 is 0. The number of piperazine rings is 1. The minimum atomic E-state index is 0.223. The van der Waals surface area contributed by atoms with Crippen molar-refractivity contribution in [3.05, 3.63) is 65.2 Å². The second kappa shape index (κ2) is 8.65. The van der Waals surface area contributed by atoms with Gasteiger partial charge in [-0.15, -0.1) is 0 Å². The molecule has 3 aromatic rings. The number of anilines is 1. The highest BCUT2D eigenvalue weighted by Gasteiger charge is 2.22. The van der Waals surface area contributed by atoms with Crippen molar-refractivity contribution in [3.8, 4) is 5.82 Å². The molecule has 1 fully saturated rings. The van der Waals surface area contributed by atoms with Crippen molar-refractivity contribution < 1.29 is 4.79 Å². The number of aromatic nitrogens is 4. The average Bonchev–Trinajstić information content (AvgIpc) is 3.10. The standard InChI is InChI=1S/C23H28N6O/c1-17-15-18(2)29(26-17)22-16-21(24-19(3)25-22)27-11-13-28(14-12-27)23(30)10-9-20-7-5-4-6-8-20/h4-8,15-16H,9-14H2,1-3H3. The molecule has 3 heterocycles. The van der Waals surface area contributed by atoms with Crippen LogP contribution in [0.25, 0.3) is 5.82 Å². The minimum absolute atomic E-state index is 0.223. The monoisotopic (exact) mass is 404 g/mol. The fourth-order valence-electron chi connectivity index (χ4n) is 3.91. The molecule has 7 heteroatoms. The maximum Gasteiger partial charge on any atom is 0.223 e. The molecule has 0 bridgehead atoms. The van der Waals surface area contributed by atoms with E-state index in [9.17, 15) is 4.79 Å². The predicted octanol–water partition coefficient (Wildman–Crippen LogP) is 2.87. The Bertz CT molecular complexity index is 1020. The van der Waals surface area contributed by atoms with Crippen LogP contribution >= 0.6 is 0 Å². The maximum absolute atomic E-state index is 12.6. The van der Waals surface area contributed by atoms with Crippen molar-refractivity contribution in [1.82, 2.24) is 24.6 Å². The van der Waals surface area contributed by atoms with E-state index >= 15 is 0 Å². The van der Waals surface area contributed by atoms with Crippen molar-refractivity contribution in [3.63, 3.8) is 0 Å². The summed E-state index contributed by atoms with van der Waals surface area (Å²) in [5.41, 5.74) is 3.22. The van der Waals surface area contributed by atoms with E-state index in [0.717, 1.165) is 48.4 Å². The summed E-state index contributed by atoms with van der Waals surface area (Å²) in [7, 11) is 0. The summed E-state index contributed by atoms with van der Waals surface area (Å²) in [6.45, 7) is 8.87. The van der Waals surface area contributed by atoms with Crippen LogP contribution in [0.5, 0.6) is 0 Å². The molecule has 0 spiro atoms. The number of nitrogens with zero attached hydrogens (tertiary/aromatic N) is 6. The molecule has 0 aliphatic carbocycles. The van der Waals surface area contributed by atoms with Crippen molar-refractivity contribution in [2.75, 3.05) is 31.1 Å². The van der Waals surface area contributed by atoms with Crippen molar-refractivity contribution in [2.24, 2.45) is 0 Å². The number of amides is 1. The molecule has 1 aromatic carbocycles. The van der Waals surface area contributed by atoms with Gasteiger partial charge >= 0.3 is 0 Å². The highest BCUT2D eigenvalue weighted by atomic mass is 16.2. The normalized spacial score (nSPS) is 14.2. The molecule has 1 saturated heterocycles. The summed E-state index contributed by atoms with van der Waals surface area (Å²) < 4.78 is 1.86. The molecule has 0 unspecified atom stereocenters. The Labute approximate surface area is 177 Å². The molecule has 4 rings (SSSR count). The first kappa shape index (κ1) is 20.1. The Balaban J connectivity index is 1.39. The molecular weight excluding hydrogens is 376 g/mol. The van der Waals surface area contributed by atoms with Gasteiger partial charge < -0.3 is 9.80 Å². The first-order valence-corrected chi connectivity index (χ1v) is 10.5. The number of hydrogen-bond acceptors (Lipinski definition) is 5. The van der Waals surface area contributed by atoms with E-state index in [2.05, 4.69) is 32.1 Å². The van der Waals surface area contributed by atoms with Crippen molar-refractivity contribution in [1.29, 1.82) is 0 Å². The van der Waals surface area contributed by atoms with Crippen LogP contribution < -0.4 is 4.90 Å². The van der Waals surface area contributed by atoms with Gasteiger partial charge in [0.05, 0.1) is 5.69 Å². The van der Waals surface area contributed by atoms with Crippen LogP contribution in [0.4, 0.5) is 5.82 Å². The van der Waals surface area contributed by atoms with Crippen LogP contribution in [0, 0.1) is 20.8 Å². The lowest BCUT2D eigenvalue weighted by Crippen LogP contribution is -2.49. The number of carbonyl (C=O) groups is 1. The van der Waals surface area contributed by atoms with Crippen LogP contribution in [0.15, 0.2) is 42.5 Å². The lowest BCUT2D eigenvalue weighted by molar-refractivity contribution is -0.131. The quantitative estimate of drug-likeness (QED) is 0.654. The molecule has 7 nitrogen and oxygen atoms in total. The molecule has 0 N–H and O–H groups in total. The third-order valence-electron chi connectivity index (χ3n) is 5.46. The molecule has 2 aromatic heterocycles. The Hall–Kier alpha value is -3.22. The van der Waals surface area contributed by atoms with Crippen molar-refractivity contribution in [2.45, 2.75) is 33.6 Å². The van der Waals surface area contributed by atoms with E-state index in [4.69, 9.17) is 0 Å². The maximum atomic E-state index is 12.6. The van der Waals surface area contributed by atoms with Gasteiger partial charge in [-0.1, -0.05) is 30.3 Å². The molecule has 0 saturated carbocycles. The third kappa shape index (κ3) is 4.50. The SMILES string of the molecule is Cc1cc(C)n(-c2cc(N3CCN(C(=O)CCc4ccccc4)CC3)nc(C)n2)n1. The van der Waals surface area contributed by atoms with E-state index < -0.39 is 0 Å². The smallest absolute Gasteiger partial charge is 0.223 e. The molecule has 30 heavy (non-hydrogen) atoms. The topological polar surface area (TPSA) is 67.2 Å². The van der Waals surface area contributed by atoms with Crippen LogP contribution in [0.3, 0.4) is 0 Å². The first-order valence-electron chi connectivity index (χ1n) is 10.5. The van der Waals surface area contributed by atoms with Gasteiger partial charge in [0.25, 0.3) is 0 Å². The van der Waals surface area contributed by atoms with Gasteiger partial charge in [-0.3, -0.25) is 4.79 Å². The number of hydrogen-bond donors (Lipinski definition) is 0. The predicted molar refractivity (Wildman–Crippen MR) is 117 cm³/mol. The lowest BCUT2D eigenvalue weighted by Gasteiger charge is -2.35. The second-order valence-electron chi connectivity index (χ2n) is 7.82. The van der Waals surface area contributed by atoms with Crippen LogP contribution in [-0.4, -0.2) is 56.7 Å². The van der Waals surface area contributed by atoms with E-state index in [1.807, 2.05) is 60.7 Å². The first-order chi connectivity index (χ1) is 14.5. The Morgan fingerprint density at radius 1 is 0.933 bits per heavy atom. The number of carbonyl (C=O) groups excluding carboxylic acids is 1. The Kier molecular flexibility index (Phi) is 5.79. The summed E-state index contributed by atoms with van der Waals surface area (Å²) in [6.07, 6.45) is 1.34. The van der Waals surface area contributed by atoms with Gasteiger partial charge in [0.15, 0.2) is 5.82 Å². The van der Waals surface area contributed by atoms with Crippen LogP contribution in [0.1, 0.15) is 29.2 Å². The summed E-state index contributed by atoms with van der Waals surface area (Å²) in [5.74, 6) is 2.61. The highest BCUT2D eigenvalue weighted by Crippen LogP contribution is 2.19. The average molecular weight is 405 g/mol. The fraction of sp³-hybridized carbons (Fsp3) is 0.391. The highest BCUT2D eigenvalue weighted by molar-refractivity contribution is 5.76. The van der Waals surface area contributed by atoms with Gasteiger partial charge in [0.1, 0.15) is 11.6 Å². The lowest BCUT2D eigenvalue weighted by atomic mass is 10.1. The molecular formula is C23H28N6O. The fourth-order valence-corrected chi connectivity index (χ4v) is 3.91. The zero-order valence-electron chi connectivity index (χ0n) is 17.9. The van der Waals surface area contributed by atoms with Crippen LogP contribution in [-0.2, 0) is 11.2 Å². The van der Waals surface area contributed by atoms with Gasteiger partial charge in [-0.25, -0.2) is 14.6 Å². The van der Waals surface area contributed by atoms with Gasteiger partial charge in [-0.05, 0) is 38.8 Å². The van der Waals surface area contributed by atoms with E-state index in [-0.39, 0.29) is 5.91 Å². The van der Waals surface area contributed by atoms with E-state index in [1.54, 1.807) is 0 Å². The second-order valence-corrected chi connectivity index (χ2v) is 7.82. The molecule has 1 aliphatic heterocycles. The van der Waals surface area contributed by atoms with Crippen LogP contribution in [0.2, 0.25) is 0 Å². The number of rotatable bonds is 5. The van der Waals surface area contributed by atoms with E-state index in [1.165, 1.54) is 5.56 Å². The summed E-state index contributed by atoms with van der Waals surface area (Å²) in [4.78, 5) is 26.0. The molecule has 1 amide bonds.